The molecule has 2 fully saturated rings. The highest BCUT2D eigenvalue weighted by Crippen LogP contribution is 2.31. The van der Waals surface area contributed by atoms with Gasteiger partial charge in [-0.2, -0.15) is 8.42 Å². The molecule has 2 aliphatic rings. The van der Waals surface area contributed by atoms with Crippen molar-refractivity contribution in [3.05, 3.63) is 47.2 Å². The number of hydrogen-bond acceptors (Lipinski definition) is 6. The third-order valence-corrected chi connectivity index (χ3v) is 5.17. The molecule has 156 valence electrons. The van der Waals surface area contributed by atoms with Crippen LogP contribution in [-0.2, 0) is 19.0 Å². The van der Waals surface area contributed by atoms with Crippen molar-refractivity contribution in [2.24, 2.45) is 0 Å². The molecule has 2 saturated heterocycles. The molecule has 1 unspecified atom stereocenters. The SMILES string of the molecule is [C-]#[N+]C=C1CCN(c2ccc(N3C[C@H](COS(C)(=O)=O)OC3=O)cc2F)CC1F. The molecule has 2 aliphatic heterocycles. The van der Waals surface area contributed by atoms with E-state index < -0.39 is 34.3 Å². The Morgan fingerprint density at radius 3 is 2.79 bits per heavy atom. The first-order valence-electron chi connectivity index (χ1n) is 8.74. The van der Waals surface area contributed by atoms with Crippen molar-refractivity contribution in [2.45, 2.75) is 18.7 Å². The summed E-state index contributed by atoms with van der Waals surface area (Å²) >= 11 is 0. The number of piperidine rings is 1. The number of carbonyl (C=O) groups is 1. The Hall–Kier alpha value is -2.71. The van der Waals surface area contributed by atoms with E-state index in [2.05, 4.69) is 9.03 Å². The minimum atomic E-state index is -3.67. The van der Waals surface area contributed by atoms with E-state index in [1.54, 1.807) is 4.90 Å². The van der Waals surface area contributed by atoms with Crippen molar-refractivity contribution in [1.82, 2.24) is 0 Å². The average Bonchev–Trinajstić information content (AvgIpc) is 3.02. The molecule has 3 rings (SSSR count). The van der Waals surface area contributed by atoms with Gasteiger partial charge in [0.05, 0.1) is 37.3 Å². The molecule has 2 heterocycles. The lowest BCUT2D eigenvalue weighted by Crippen LogP contribution is -2.38. The van der Waals surface area contributed by atoms with E-state index in [0.717, 1.165) is 12.3 Å². The summed E-state index contributed by atoms with van der Waals surface area (Å²) in [6.07, 6.45) is -0.508. The van der Waals surface area contributed by atoms with Crippen LogP contribution < -0.4 is 9.80 Å². The maximum Gasteiger partial charge on any atom is 0.414 e. The van der Waals surface area contributed by atoms with Crippen LogP contribution in [0.25, 0.3) is 4.85 Å². The second-order valence-corrected chi connectivity index (χ2v) is 8.38. The number of rotatable bonds is 5. The summed E-state index contributed by atoms with van der Waals surface area (Å²) < 4.78 is 60.7. The average molecular weight is 427 g/mol. The molecule has 0 bridgehead atoms. The summed E-state index contributed by atoms with van der Waals surface area (Å²) in [4.78, 5) is 17.8. The molecule has 8 nitrogen and oxygen atoms in total. The third-order valence-electron chi connectivity index (χ3n) is 4.61. The molecule has 2 atom stereocenters. The lowest BCUT2D eigenvalue weighted by Gasteiger charge is -2.33. The van der Waals surface area contributed by atoms with Gasteiger partial charge in [0.25, 0.3) is 10.1 Å². The minimum Gasteiger partial charge on any atom is -0.441 e. The van der Waals surface area contributed by atoms with Crippen LogP contribution in [-0.4, -0.2) is 59.3 Å². The topological polar surface area (TPSA) is 80.5 Å². The molecule has 0 spiro atoms. The van der Waals surface area contributed by atoms with Crippen molar-refractivity contribution < 1.29 is 30.9 Å². The Morgan fingerprint density at radius 2 is 2.17 bits per heavy atom. The van der Waals surface area contributed by atoms with Crippen LogP contribution in [0.2, 0.25) is 0 Å². The standard InChI is InChI=1S/C18H19F2N3O5S/c1-21-8-12-5-6-22(10-16(12)20)17-4-3-13(7-15(17)19)23-9-14(28-18(23)24)11-27-29(2,25)26/h3-4,7-8,14,16H,5-6,9-11H2,2H3/t14-,16?/m1/s1. The van der Waals surface area contributed by atoms with Crippen LogP contribution >= 0.6 is 0 Å². The second kappa shape index (κ2) is 8.34. The maximum absolute atomic E-state index is 14.7. The highest BCUT2D eigenvalue weighted by molar-refractivity contribution is 7.85. The first-order valence-corrected chi connectivity index (χ1v) is 10.6. The van der Waals surface area contributed by atoms with Gasteiger partial charge in [-0.25, -0.2) is 18.4 Å². The van der Waals surface area contributed by atoms with Crippen LogP contribution in [0.5, 0.6) is 0 Å². The molecular weight excluding hydrogens is 408 g/mol. The zero-order chi connectivity index (χ0) is 21.2. The Labute approximate surface area is 167 Å². The Balaban J connectivity index is 1.69. The van der Waals surface area contributed by atoms with E-state index in [1.807, 2.05) is 0 Å². The van der Waals surface area contributed by atoms with Crippen LogP contribution in [0.15, 0.2) is 30.0 Å². The fourth-order valence-electron chi connectivity index (χ4n) is 3.21. The molecular formula is C18H19F2N3O5S. The van der Waals surface area contributed by atoms with E-state index in [-0.39, 0.29) is 31.1 Å². The van der Waals surface area contributed by atoms with Crippen molar-refractivity contribution >= 4 is 27.6 Å². The summed E-state index contributed by atoms with van der Waals surface area (Å²) in [5.41, 5.74) is 0.832. The minimum absolute atomic E-state index is 0.00812. The molecule has 11 heteroatoms. The quantitative estimate of drug-likeness (QED) is 0.531. The number of cyclic esters (lactones) is 1. The number of hydrogen-bond donors (Lipinski definition) is 0. The smallest absolute Gasteiger partial charge is 0.414 e. The molecule has 1 aromatic carbocycles. The van der Waals surface area contributed by atoms with Gasteiger partial charge in [0.2, 0.25) is 0 Å². The summed E-state index contributed by atoms with van der Waals surface area (Å²) in [7, 11) is -3.67. The van der Waals surface area contributed by atoms with Crippen LogP contribution in [0, 0.1) is 12.4 Å². The first kappa shape index (κ1) is 21.0. The molecule has 1 amide bonds. The highest BCUT2D eigenvalue weighted by atomic mass is 32.2. The van der Waals surface area contributed by atoms with Crippen molar-refractivity contribution in [3.63, 3.8) is 0 Å². The van der Waals surface area contributed by atoms with Gasteiger partial charge in [0, 0.05) is 6.54 Å². The van der Waals surface area contributed by atoms with Gasteiger partial charge < -0.3 is 9.64 Å². The molecule has 0 radical (unpaired) electrons. The largest absolute Gasteiger partial charge is 0.441 e. The molecule has 0 aliphatic carbocycles. The number of alkyl halides is 1. The fraction of sp³-hybridized carbons (Fsp3) is 0.444. The number of nitrogens with zero attached hydrogens (tertiary/aromatic N) is 3. The Kier molecular flexibility index (Phi) is 6.04. The molecule has 0 saturated carbocycles. The number of carbonyl (C=O) groups excluding carboxylic acids is 1. The summed E-state index contributed by atoms with van der Waals surface area (Å²) in [5.74, 6) is -0.629. The maximum atomic E-state index is 14.7. The van der Waals surface area contributed by atoms with Gasteiger partial charge in [-0.3, -0.25) is 9.08 Å². The van der Waals surface area contributed by atoms with E-state index in [9.17, 15) is 22.0 Å². The fourth-order valence-corrected chi connectivity index (χ4v) is 3.61. The Bertz CT molecular complexity index is 976. The van der Waals surface area contributed by atoms with Gasteiger partial charge in [0.1, 0.15) is 24.7 Å². The summed E-state index contributed by atoms with van der Waals surface area (Å²) in [6, 6.07) is 4.11. The molecule has 1 aromatic rings. The second-order valence-electron chi connectivity index (χ2n) is 6.74. The van der Waals surface area contributed by atoms with E-state index in [4.69, 9.17) is 11.3 Å². The van der Waals surface area contributed by atoms with Crippen molar-refractivity contribution in [1.29, 1.82) is 0 Å². The third kappa shape index (κ3) is 5.02. The number of anilines is 2. The van der Waals surface area contributed by atoms with Crippen LogP contribution in [0.1, 0.15) is 6.42 Å². The predicted molar refractivity (Wildman–Crippen MR) is 101 cm³/mol. The van der Waals surface area contributed by atoms with Crippen molar-refractivity contribution in [2.75, 3.05) is 42.3 Å². The normalized spacial score (nSPS) is 23.9. The monoisotopic (exact) mass is 427 g/mol. The van der Waals surface area contributed by atoms with Gasteiger partial charge in [-0.15, -0.1) is 0 Å². The highest BCUT2D eigenvalue weighted by Gasteiger charge is 2.34. The van der Waals surface area contributed by atoms with Gasteiger partial charge in [-0.05, 0) is 30.2 Å². The lowest BCUT2D eigenvalue weighted by molar-refractivity contribution is 0.107. The Morgan fingerprint density at radius 1 is 1.41 bits per heavy atom. The van der Waals surface area contributed by atoms with E-state index >= 15 is 0 Å². The van der Waals surface area contributed by atoms with Crippen LogP contribution in [0.4, 0.5) is 25.0 Å². The van der Waals surface area contributed by atoms with Gasteiger partial charge in [-0.1, -0.05) is 0 Å². The number of amides is 1. The lowest BCUT2D eigenvalue weighted by atomic mass is 10.0. The van der Waals surface area contributed by atoms with Crippen LogP contribution in [0.3, 0.4) is 0 Å². The molecule has 0 N–H and O–H groups in total. The number of ether oxygens (including phenoxy) is 1. The summed E-state index contributed by atoms with van der Waals surface area (Å²) in [5, 5.41) is 0. The van der Waals surface area contributed by atoms with Gasteiger partial charge >= 0.3 is 6.09 Å². The van der Waals surface area contributed by atoms with E-state index in [0.29, 0.717) is 18.5 Å². The number of halogens is 2. The van der Waals surface area contributed by atoms with Gasteiger partial charge in [0.15, 0.2) is 6.20 Å². The molecule has 0 aromatic heterocycles. The zero-order valence-electron chi connectivity index (χ0n) is 15.5. The van der Waals surface area contributed by atoms with E-state index in [1.165, 1.54) is 23.2 Å². The zero-order valence-corrected chi connectivity index (χ0v) is 16.4. The predicted octanol–water partition coefficient (Wildman–Crippen LogP) is 2.48. The molecule has 29 heavy (non-hydrogen) atoms. The summed E-state index contributed by atoms with van der Waals surface area (Å²) in [6.45, 7) is 6.79. The number of benzene rings is 1. The first-order chi connectivity index (χ1) is 13.7. The van der Waals surface area contributed by atoms with Crippen molar-refractivity contribution in [3.8, 4) is 0 Å².